The minimum Gasteiger partial charge on any atom is -0.371 e. The molecule has 1 unspecified atom stereocenters. The molecule has 0 amide bonds. The molecule has 0 heterocycles. The van der Waals surface area contributed by atoms with Crippen molar-refractivity contribution in [2.75, 3.05) is 6.61 Å². The molecule has 0 aromatic heterocycles. The number of hydrogen-bond donors (Lipinski definition) is 0. The first-order valence-electron chi connectivity index (χ1n) is 2.97. The van der Waals surface area contributed by atoms with Crippen molar-refractivity contribution < 1.29 is 9.53 Å². The molecule has 0 aromatic rings. The van der Waals surface area contributed by atoms with Crippen LogP contribution < -0.4 is 0 Å². The summed E-state index contributed by atoms with van der Waals surface area (Å²) in [6.45, 7) is 5.64. The molecule has 2 heteroatoms. The standard InChI is InChI=1S/C7H12O2/c1-3-4-7(2)9-6-5-8/h3,5,7H,1,4,6H2,2H3. The van der Waals surface area contributed by atoms with E-state index in [0.717, 1.165) is 12.7 Å². The first-order valence-corrected chi connectivity index (χ1v) is 2.97. The van der Waals surface area contributed by atoms with Gasteiger partial charge in [0.05, 0.1) is 6.10 Å². The first-order chi connectivity index (χ1) is 4.31. The fraction of sp³-hybridized carbons (Fsp3) is 0.571. The maximum absolute atomic E-state index is 9.76. The van der Waals surface area contributed by atoms with Crippen molar-refractivity contribution >= 4 is 6.29 Å². The van der Waals surface area contributed by atoms with Crippen LogP contribution in [0.5, 0.6) is 0 Å². The molecule has 52 valence electrons. The average molecular weight is 128 g/mol. The number of carbonyl (C=O) groups is 1. The van der Waals surface area contributed by atoms with Gasteiger partial charge >= 0.3 is 0 Å². The van der Waals surface area contributed by atoms with E-state index >= 15 is 0 Å². The van der Waals surface area contributed by atoms with Crippen LogP contribution >= 0.6 is 0 Å². The van der Waals surface area contributed by atoms with E-state index in [4.69, 9.17) is 4.74 Å². The zero-order valence-electron chi connectivity index (χ0n) is 5.67. The highest BCUT2D eigenvalue weighted by atomic mass is 16.5. The summed E-state index contributed by atoms with van der Waals surface area (Å²) in [6, 6.07) is 0. The van der Waals surface area contributed by atoms with E-state index in [2.05, 4.69) is 6.58 Å². The Hall–Kier alpha value is -0.630. The van der Waals surface area contributed by atoms with Gasteiger partial charge in [-0.05, 0) is 13.3 Å². The van der Waals surface area contributed by atoms with Gasteiger partial charge in [0.25, 0.3) is 0 Å². The molecule has 0 rings (SSSR count). The number of ether oxygens (including phenoxy) is 1. The van der Waals surface area contributed by atoms with Crippen LogP contribution in [0.2, 0.25) is 0 Å². The summed E-state index contributed by atoms with van der Waals surface area (Å²) in [5, 5.41) is 0. The van der Waals surface area contributed by atoms with E-state index < -0.39 is 0 Å². The van der Waals surface area contributed by atoms with Crippen LogP contribution in [0.3, 0.4) is 0 Å². The Morgan fingerprint density at radius 2 is 2.44 bits per heavy atom. The molecule has 0 aliphatic heterocycles. The highest BCUT2D eigenvalue weighted by Crippen LogP contribution is 1.95. The Bertz CT molecular complexity index is 88.9. The largest absolute Gasteiger partial charge is 0.371 e. The molecule has 0 aliphatic carbocycles. The smallest absolute Gasteiger partial charge is 0.145 e. The maximum atomic E-state index is 9.76. The van der Waals surface area contributed by atoms with Crippen LogP contribution in [-0.4, -0.2) is 19.0 Å². The molecule has 0 aliphatic rings. The molecule has 0 saturated carbocycles. The minimum absolute atomic E-state index is 0.118. The molecular formula is C7H12O2. The highest BCUT2D eigenvalue weighted by Gasteiger charge is 1.95. The molecule has 0 spiro atoms. The summed E-state index contributed by atoms with van der Waals surface area (Å²) >= 11 is 0. The quantitative estimate of drug-likeness (QED) is 0.410. The molecule has 0 aromatic carbocycles. The van der Waals surface area contributed by atoms with Crippen molar-refractivity contribution in [3.63, 3.8) is 0 Å². The predicted molar refractivity (Wildman–Crippen MR) is 36.3 cm³/mol. The maximum Gasteiger partial charge on any atom is 0.145 e. The summed E-state index contributed by atoms with van der Waals surface area (Å²) < 4.78 is 4.99. The van der Waals surface area contributed by atoms with Gasteiger partial charge in [-0.15, -0.1) is 6.58 Å². The lowest BCUT2D eigenvalue weighted by atomic mass is 10.3. The van der Waals surface area contributed by atoms with Gasteiger partial charge in [0.1, 0.15) is 12.9 Å². The molecule has 0 N–H and O–H groups in total. The van der Waals surface area contributed by atoms with Crippen molar-refractivity contribution in [2.24, 2.45) is 0 Å². The lowest BCUT2D eigenvalue weighted by Gasteiger charge is -2.05. The van der Waals surface area contributed by atoms with Crippen molar-refractivity contribution in [1.29, 1.82) is 0 Å². The van der Waals surface area contributed by atoms with E-state index in [1.165, 1.54) is 0 Å². The van der Waals surface area contributed by atoms with Gasteiger partial charge < -0.3 is 9.53 Å². The third-order valence-corrected chi connectivity index (χ3v) is 0.947. The Labute approximate surface area is 55.5 Å². The second-order valence-electron chi connectivity index (χ2n) is 1.83. The van der Waals surface area contributed by atoms with Gasteiger partial charge in [-0.1, -0.05) is 6.08 Å². The monoisotopic (exact) mass is 128 g/mol. The fourth-order valence-electron chi connectivity index (χ4n) is 0.506. The molecule has 0 bridgehead atoms. The van der Waals surface area contributed by atoms with Gasteiger partial charge in [0, 0.05) is 0 Å². The van der Waals surface area contributed by atoms with Crippen LogP contribution in [0.4, 0.5) is 0 Å². The van der Waals surface area contributed by atoms with E-state index in [1.54, 1.807) is 6.08 Å². The van der Waals surface area contributed by atoms with Crippen LogP contribution in [0.15, 0.2) is 12.7 Å². The van der Waals surface area contributed by atoms with Crippen LogP contribution in [0, 0.1) is 0 Å². The molecule has 2 nitrogen and oxygen atoms in total. The van der Waals surface area contributed by atoms with E-state index in [1.807, 2.05) is 6.92 Å². The summed E-state index contributed by atoms with van der Waals surface area (Å²) in [4.78, 5) is 9.76. The zero-order valence-corrected chi connectivity index (χ0v) is 5.67. The summed E-state index contributed by atoms with van der Waals surface area (Å²) in [5.41, 5.74) is 0. The van der Waals surface area contributed by atoms with Crippen molar-refractivity contribution in [1.82, 2.24) is 0 Å². The van der Waals surface area contributed by atoms with Gasteiger partial charge in [-0.3, -0.25) is 0 Å². The molecule has 9 heavy (non-hydrogen) atoms. The number of aldehydes is 1. The molecule has 0 saturated heterocycles. The lowest BCUT2D eigenvalue weighted by Crippen LogP contribution is -2.08. The summed E-state index contributed by atoms with van der Waals surface area (Å²) in [6.07, 6.45) is 3.44. The van der Waals surface area contributed by atoms with Crippen LogP contribution in [0.25, 0.3) is 0 Å². The molecular weight excluding hydrogens is 116 g/mol. The Morgan fingerprint density at radius 3 is 2.89 bits per heavy atom. The van der Waals surface area contributed by atoms with Crippen molar-refractivity contribution in [3.05, 3.63) is 12.7 Å². The number of carbonyl (C=O) groups excluding carboxylic acids is 1. The third kappa shape index (κ3) is 5.24. The van der Waals surface area contributed by atoms with Gasteiger partial charge in [0.2, 0.25) is 0 Å². The van der Waals surface area contributed by atoms with Gasteiger partial charge in [0.15, 0.2) is 0 Å². The SMILES string of the molecule is C=CCC(C)OCC=O. The Kier molecular flexibility index (Phi) is 5.12. The van der Waals surface area contributed by atoms with Crippen LogP contribution in [-0.2, 0) is 9.53 Å². The lowest BCUT2D eigenvalue weighted by molar-refractivity contribution is -0.113. The molecule has 1 atom stereocenters. The second kappa shape index (κ2) is 5.51. The molecule has 0 fully saturated rings. The second-order valence-corrected chi connectivity index (χ2v) is 1.83. The van der Waals surface area contributed by atoms with E-state index in [0.29, 0.717) is 0 Å². The predicted octanol–water partition coefficient (Wildman–Crippen LogP) is 1.17. The first kappa shape index (κ1) is 8.37. The number of hydrogen-bond acceptors (Lipinski definition) is 2. The summed E-state index contributed by atoms with van der Waals surface area (Å²) in [5.74, 6) is 0. The number of rotatable bonds is 5. The normalized spacial score (nSPS) is 12.6. The van der Waals surface area contributed by atoms with Crippen LogP contribution in [0.1, 0.15) is 13.3 Å². The van der Waals surface area contributed by atoms with E-state index in [-0.39, 0.29) is 12.7 Å². The third-order valence-electron chi connectivity index (χ3n) is 0.947. The topological polar surface area (TPSA) is 26.3 Å². The summed E-state index contributed by atoms with van der Waals surface area (Å²) in [7, 11) is 0. The Morgan fingerprint density at radius 1 is 1.78 bits per heavy atom. The molecule has 0 radical (unpaired) electrons. The minimum atomic E-state index is 0.118. The zero-order chi connectivity index (χ0) is 7.11. The average Bonchev–Trinajstić information content (AvgIpc) is 1.85. The highest BCUT2D eigenvalue weighted by molar-refractivity contribution is 5.50. The Balaban J connectivity index is 3.14. The van der Waals surface area contributed by atoms with Crippen molar-refractivity contribution in [3.8, 4) is 0 Å². The van der Waals surface area contributed by atoms with Gasteiger partial charge in [-0.25, -0.2) is 0 Å². The van der Waals surface area contributed by atoms with Crippen molar-refractivity contribution in [2.45, 2.75) is 19.4 Å². The van der Waals surface area contributed by atoms with E-state index in [9.17, 15) is 4.79 Å². The fourth-order valence-corrected chi connectivity index (χ4v) is 0.506. The van der Waals surface area contributed by atoms with Gasteiger partial charge in [-0.2, -0.15) is 0 Å².